The van der Waals surface area contributed by atoms with Crippen molar-refractivity contribution in [2.24, 2.45) is 5.92 Å². The molecule has 8 nitrogen and oxygen atoms in total. The zero-order chi connectivity index (χ0) is 27.0. The van der Waals surface area contributed by atoms with E-state index in [1.807, 2.05) is 77.1 Å². The van der Waals surface area contributed by atoms with Gasteiger partial charge in [0.25, 0.3) is 0 Å². The third kappa shape index (κ3) is 7.54. The van der Waals surface area contributed by atoms with Gasteiger partial charge in [0.1, 0.15) is 12.6 Å². The van der Waals surface area contributed by atoms with Crippen LogP contribution in [0, 0.1) is 19.8 Å². The number of nitrogens with zero attached hydrogens (tertiary/aromatic N) is 3. The molecule has 2 aromatic rings. The van der Waals surface area contributed by atoms with Crippen LogP contribution in [0.2, 0.25) is 0 Å². The normalized spacial score (nSPS) is 12.5. The van der Waals surface area contributed by atoms with Crippen molar-refractivity contribution in [3.05, 3.63) is 65.2 Å². The van der Waals surface area contributed by atoms with Crippen LogP contribution in [-0.2, 0) is 26.3 Å². The van der Waals surface area contributed by atoms with Crippen LogP contribution in [0.4, 0.5) is 5.69 Å². The molecular formula is C27H40N4O4S. The van der Waals surface area contributed by atoms with E-state index in [2.05, 4.69) is 5.32 Å². The average molecular weight is 517 g/mol. The van der Waals surface area contributed by atoms with Gasteiger partial charge in [-0.15, -0.1) is 0 Å². The summed E-state index contributed by atoms with van der Waals surface area (Å²) in [6.45, 7) is 9.80. The third-order valence-electron chi connectivity index (χ3n) is 5.92. The van der Waals surface area contributed by atoms with Crippen molar-refractivity contribution in [1.29, 1.82) is 0 Å². The predicted molar refractivity (Wildman–Crippen MR) is 145 cm³/mol. The SMILES string of the molecule is CC[C@@H](C(=O)NCC(C)C)N(Cc1ccccc1)C(=O)CN(c1cc(C)ccc1C)S(=O)(=O)N(C)C. The van der Waals surface area contributed by atoms with E-state index in [1.165, 1.54) is 19.0 Å². The van der Waals surface area contributed by atoms with Crippen molar-refractivity contribution < 1.29 is 18.0 Å². The van der Waals surface area contributed by atoms with Crippen molar-refractivity contribution in [2.75, 3.05) is 31.5 Å². The third-order valence-corrected chi connectivity index (χ3v) is 7.72. The minimum atomic E-state index is -3.99. The van der Waals surface area contributed by atoms with Gasteiger partial charge >= 0.3 is 10.2 Å². The van der Waals surface area contributed by atoms with Crippen molar-refractivity contribution >= 4 is 27.7 Å². The molecule has 9 heteroatoms. The monoisotopic (exact) mass is 516 g/mol. The highest BCUT2D eigenvalue weighted by atomic mass is 32.2. The van der Waals surface area contributed by atoms with Crippen molar-refractivity contribution in [3.63, 3.8) is 0 Å². The summed E-state index contributed by atoms with van der Waals surface area (Å²) in [6, 6.07) is 14.2. The standard InChI is InChI=1S/C27H40N4O4S/c1-8-24(27(33)28-17-20(2)3)30(18-23-12-10-9-11-13-23)26(32)19-31(36(34,35)29(6)7)25-16-21(4)14-15-22(25)5/h9-16,20,24H,8,17-19H2,1-7H3,(H,28,33)/t24-/m0/s1. The molecule has 0 unspecified atom stereocenters. The van der Waals surface area contributed by atoms with Crippen LogP contribution in [0.5, 0.6) is 0 Å². The second-order valence-electron chi connectivity index (χ2n) is 9.66. The summed E-state index contributed by atoms with van der Waals surface area (Å²) in [6.07, 6.45) is 0.395. The van der Waals surface area contributed by atoms with Gasteiger partial charge in [0.15, 0.2) is 0 Å². The number of carbonyl (C=O) groups excluding carboxylic acids is 2. The summed E-state index contributed by atoms with van der Waals surface area (Å²) in [5.74, 6) is -0.435. The molecule has 0 heterocycles. The molecule has 198 valence electrons. The van der Waals surface area contributed by atoms with E-state index < -0.39 is 28.7 Å². The van der Waals surface area contributed by atoms with Crippen LogP contribution < -0.4 is 9.62 Å². The van der Waals surface area contributed by atoms with Gasteiger partial charge < -0.3 is 10.2 Å². The minimum absolute atomic E-state index is 0.190. The molecule has 0 aliphatic carbocycles. The fourth-order valence-corrected chi connectivity index (χ4v) is 4.93. The molecule has 0 aliphatic heterocycles. The molecule has 0 fully saturated rings. The summed E-state index contributed by atoms with van der Waals surface area (Å²) in [5.41, 5.74) is 2.90. The van der Waals surface area contributed by atoms with Gasteiger partial charge in [0.05, 0.1) is 5.69 Å². The molecular weight excluding hydrogens is 476 g/mol. The Morgan fingerprint density at radius 3 is 2.19 bits per heavy atom. The number of amides is 2. The van der Waals surface area contributed by atoms with Crippen LogP contribution in [0.3, 0.4) is 0 Å². The van der Waals surface area contributed by atoms with E-state index >= 15 is 0 Å². The number of carbonyl (C=O) groups is 2. The van der Waals surface area contributed by atoms with Crippen LogP contribution >= 0.6 is 0 Å². The van der Waals surface area contributed by atoms with Crippen LogP contribution in [0.1, 0.15) is 43.9 Å². The molecule has 2 amide bonds. The Morgan fingerprint density at radius 2 is 1.64 bits per heavy atom. The van der Waals surface area contributed by atoms with E-state index in [0.717, 1.165) is 25.3 Å². The Bertz CT molecular complexity index is 1130. The van der Waals surface area contributed by atoms with Gasteiger partial charge in [-0.1, -0.05) is 63.2 Å². The number of anilines is 1. The fraction of sp³-hybridized carbons (Fsp3) is 0.481. The number of rotatable bonds is 12. The second-order valence-corrected chi connectivity index (χ2v) is 11.7. The topological polar surface area (TPSA) is 90.0 Å². The summed E-state index contributed by atoms with van der Waals surface area (Å²) in [4.78, 5) is 28.5. The molecule has 36 heavy (non-hydrogen) atoms. The molecule has 0 aliphatic rings. The molecule has 0 saturated heterocycles. The molecule has 0 radical (unpaired) electrons. The zero-order valence-electron chi connectivity index (χ0n) is 22.5. The summed E-state index contributed by atoms with van der Waals surface area (Å²) >= 11 is 0. The highest BCUT2D eigenvalue weighted by Crippen LogP contribution is 2.26. The van der Waals surface area contributed by atoms with Gasteiger partial charge in [0.2, 0.25) is 11.8 Å². The Kier molecular flexibility index (Phi) is 10.5. The first-order valence-electron chi connectivity index (χ1n) is 12.3. The Hall–Kier alpha value is -2.91. The van der Waals surface area contributed by atoms with Gasteiger partial charge in [-0.25, -0.2) is 4.31 Å². The van der Waals surface area contributed by atoms with Gasteiger partial charge in [-0.2, -0.15) is 12.7 Å². The molecule has 1 N–H and O–H groups in total. The van der Waals surface area contributed by atoms with Crippen LogP contribution in [-0.4, -0.2) is 62.7 Å². The molecule has 1 atom stereocenters. The van der Waals surface area contributed by atoms with E-state index in [9.17, 15) is 18.0 Å². The second kappa shape index (κ2) is 12.9. The average Bonchev–Trinajstić information content (AvgIpc) is 2.83. The molecule has 0 bridgehead atoms. The maximum Gasteiger partial charge on any atom is 0.304 e. The Morgan fingerprint density at radius 1 is 1.00 bits per heavy atom. The van der Waals surface area contributed by atoms with E-state index in [0.29, 0.717) is 18.7 Å². The summed E-state index contributed by atoms with van der Waals surface area (Å²) < 4.78 is 29.0. The lowest BCUT2D eigenvalue weighted by molar-refractivity contribution is -0.140. The lowest BCUT2D eigenvalue weighted by atomic mass is 10.1. The maximum atomic E-state index is 13.9. The predicted octanol–water partition coefficient (Wildman–Crippen LogP) is 3.50. The zero-order valence-corrected chi connectivity index (χ0v) is 23.3. The first kappa shape index (κ1) is 29.3. The maximum absolute atomic E-state index is 13.9. The van der Waals surface area contributed by atoms with Gasteiger partial charge in [0, 0.05) is 27.2 Å². The van der Waals surface area contributed by atoms with Crippen LogP contribution in [0.25, 0.3) is 0 Å². The molecule has 0 aromatic heterocycles. The number of aryl methyl sites for hydroxylation is 2. The number of hydrogen-bond donors (Lipinski definition) is 1. The first-order valence-corrected chi connectivity index (χ1v) is 13.7. The number of benzene rings is 2. The highest BCUT2D eigenvalue weighted by Gasteiger charge is 2.34. The van der Waals surface area contributed by atoms with E-state index in [1.54, 1.807) is 6.07 Å². The molecule has 0 saturated carbocycles. The molecule has 2 aromatic carbocycles. The molecule has 0 spiro atoms. The summed E-state index contributed by atoms with van der Waals surface area (Å²) in [5, 5.41) is 2.93. The quantitative estimate of drug-likeness (QED) is 0.468. The highest BCUT2D eigenvalue weighted by molar-refractivity contribution is 7.90. The van der Waals surface area contributed by atoms with E-state index in [4.69, 9.17) is 0 Å². The van der Waals surface area contributed by atoms with Gasteiger partial charge in [-0.3, -0.25) is 9.59 Å². The Labute approximate surface area is 216 Å². The fourth-order valence-electron chi connectivity index (χ4n) is 3.81. The number of nitrogens with one attached hydrogen (secondary N) is 1. The lowest BCUT2D eigenvalue weighted by Gasteiger charge is -2.34. The smallest absolute Gasteiger partial charge is 0.304 e. The summed E-state index contributed by atoms with van der Waals surface area (Å²) in [7, 11) is -1.11. The van der Waals surface area contributed by atoms with Crippen molar-refractivity contribution in [1.82, 2.24) is 14.5 Å². The minimum Gasteiger partial charge on any atom is -0.354 e. The Balaban J connectivity index is 2.51. The first-order chi connectivity index (χ1) is 16.9. The van der Waals surface area contributed by atoms with Gasteiger partial charge in [-0.05, 0) is 48.9 Å². The van der Waals surface area contributed by atoms with E-state index in [-0.39, 0.29) is 18.4 Å². The van der Waals surface area contributed by atoms with Crippen molar-refractivity contribution in [2.45, 2.75) is 53.6 Å². The largest absolute Gasteiger partial charge is 0.354 e. The van der Waals surface area contributed by atoms with Crippen molar-refractivity contribution in [3.8, 4) is 0 Å². The molecule has 2 rings (SSSR count). The number of hydrogen-bond acceptors (Lipinski definition) is 4. The van der Waals surface area contributed by atoms with Crippen LogP contribution in [0.15, 0.2) is 48.5 Å². The lowest BCUT2D eigenvalue weighted by Crippen LogP contribution is -2.53.